The molecule has 0 atom stereocenters. The molecule has 0 saturated heterocycles. The molecule has 0 radical (unpaired) electrons. The second-order valence-corrected chi connectivity index (χ2v) is 6.88. The number of nitrogens with two attached hydrogens (primary N) is 1. The molecule has 2 rings (SSSR count). The van der Waals surface area contributed by atoms with Crippen molar-refractivity contribution in [3.05, 3.63) is 29.1 Å². The number of unbranched alkanes of at least 4 members (excludes halogenated alkanes) is 7. The van der Waals surface area contributed by atoms with Gasteiger partial charge in [0.1, 0.15) is 5.82 Å². The van der Waals surface area contributed by atoms with Crippen LogP contribution in [0.15, 0.2) is 12.1 Å². The van der Waals surface area contributed by atoms with Gasteiger partial charge in [-0.25, -0.2) is 4.98 Å². The maximum atomic E-state index is 5.51. The molecule has 0 bridgehead atoms. The fourth-order valence-corrected chi connectivity index (χ4v) is 3.21. The Morgan fingerprint density at radius 1 is 0.870 bits per heavy atom. The fraction of sp³-hybridized carbons (Fsp3) is 0.650. The molecule has 3 heteroatoms. The molecule has 2 N–H and O–H groups in total. The summed E-state index contributed by atoms with van der Waals surface area (Å²) in [5, 5.41) is 0. The fourth-order valence-electron chi connectivity index (χ4n) is 3.21. The lowest BCUT2D eigenvalue weighted by Crippen LogP contribution is -1.98. The highest BCUT2D eigenvalue weighted by atomic mass is 15.1. The molecule has 0 aliphatic carbocycles. The van der Waals surface area contributed by atoms with Gasteiger partial charge < -0.3 is 10.3 Å². The first kappa shape index (κ1) is 18.0. The van der Waals surface area contributed by atoms with Crippen LogP contribution in [-0.4, -0.2) is 16.1 Å². The second kappa shape index (κ2) is 9.07. The van der Waals surface area contributed by atoms with E-state index in [4.69, 9.17) is 10.7 Å². The molecule has 23 heavy (non-hydrogen) atoms. The van der Waals surface area contributed by atoms with Gasteiger partial charge in [0.25, 0.3) is 0 Å². The molecule has 0 unspecified atom stereocenters. The van der Waals surface area contributed by atoms with E-state index in [2.05, 4.69) is 37.6 Å². The molecule has 128 valence electrons. The van der Waals surface area contributed by atoms with Crippen molar-refractivity contribution in [2.45, 2.75) is 71.6 Å². The van der Waals surface area contributed by atoms with Crippen LogP contribution in [0.2, 0.25) is 0 Å². The number of benzene rings is 1. The Balaban J connectivity index is 1.74. The molecule has 0 fully saturated rings. The van der Waals surface area contributed by atoms with E-state index in [1.807, 2.05) is 0 Å². The maximum Gasteiger partial charge on any atom is 0.109 e. The van der Waals surface area contributed by atoms with Crippen LogP contribution in [0.25, 0.3) is 11.0 Å². The molecule has 1 aromatic carbocycles. The Morgan fingerprint density at radius 2 is 1.43 bits per heavy atom. The van der Waals surface area contributed by atoms with Gasteiger partial charge in [-0.05, 0) is 56.5 Å². The second-order valence-electron chi connectivity index (χ2n) is 6.88. The Hall–Kier alpha value is -1.35. The quantitative estimate of drug-likeness (QED) is 0.639. The van der Waals surface area contributed by atoms with Crippen molar-refractivity contribution in [1.82, 2.24) is 9.55 Å². The van der Waals surface area contributed by atoms with E-state index < -0.39 is 0 Å². The first-order valence-electron chi connectivity index (χ1n) is 9.26. The predicted molar refractivity (Wildman–Crippen MR) is 99.9 cm³/mol. The van der Waals surface area contributed by atoms with Crippen LogP contribution in [0.3, 0.4) is 0 Å². The Kier molecular flexibility index (Phi) is 7.10. The summed E-state index contributed by atoms with van der Waals surface area (Å²) >= 11 is 0. The minimum absolute atomic E-state index is 0.844. The normalized spacial score (nSPS) is 11.5. The van der Waals surface area contributed by atoms with E-state index in [-0.39, 0.29) is 0 Å². The molecule has 0 amide bonds. The lowest BCUT2D eigenvalue weighted by Gasteiger charge is -2.04. The third-order valence-corrected chi connectivity index (χ3v) is 4.94. The van der Waals surface area contributed by atoms with Crippen LogP contribution in [0.4, 0.5) is 0 Å². The van der Waals surface area contributed by atoms with Crippen LogP contribution in [0.5, 0.6) is 0 Å². The maximum absolute atomic E-state index is 5.51. The minimum atomic E-state index is 0.844. The predicted octanol–water partition coefficient (Wildman–Crippen LogP) is 4.81. The smallest absolute Gasteiger partial charge is 0.109 e. The third-order valence-electron chi connectivity index (χ3n) is 4.94. The van der Waals surface area contributed by atoms with Crippen LogP contribution >= 0.6 is 0 Å². The molecule has 0 aliphatic rings. The van der Waals surface area contributed by atoms with E-state index in [0.717, 1.165) is 18.5 Å². The largest absolute Gasteiger partial charge is 0.331 e. The van der Waals surface area contributed by atoms with Gasteiger partial charge >= 0.3 is 0 Å². The average molecular weight is 316 g/mol. The monoisotopic (exact) mass is 315 g/mol. The zero-order chi connectivity index (χ0) is 16.7. The van der Waals surface area contributed by atoms with Gasteiger partial charge in [-0.1, -0.05) is 38.5 Å². The van der Waals surface area contributed by atoms with Gasteiger partial charge in [0.15, 0.2) is 0 Å². The van der Waals surface area contributed by atoms with Crippen molar-refractivity contribution in [2.75, 3.05) is 6.54 Å². The first-order valence-corrected chi connectivity index (χ1v) is 9.26. The topological polar surface area (TPSA) is 43.8 Å². The van der Waals surface area contributed by atoms with Crippen molar-refractivity contribution >= 4 is 11.0 Å². The lowest BCUT2D eigenvalue weighted by molar-refractivity contribution is 0.564. The molecule has 1 aromatic heterocycles. The van der Waals surface area contributed by atoms with E-state index in [1.54, 1.807) is 0 Å². The van der Waals surface area contributed by atoms with Crippen LogP contribution in [-0.2, 0) is 13.5 Å². The molecular formula is C20H33N3. The zero-order valence-corrected chi connectivity index (χ0v) is 15.2. The number of aryl methyl sites for hydroxylation is 4. The van der Waals surface area contributed by atoms with Gasteiger partial charge in [-0.15, -0.1) is 0 Å². The highest BCUT2D eigenvalue weighted by Gasteiger charge is 2.08. The van der Waals surface area contributed by atoms with E-state index >= 15 is 0 Å². The third kappa shape index (κ3) is 5.07. The van der Waals surface area contributed by atoms with Crippen LogP contribution in [0.1, 0.15) is 68.3 Å². The number of nitrogens with zero attached hydrogens (tertiary/aromatic N) is 2. The standard InChI is InChI=1S/C20H33N3/c1-16-14-18-19(15-17(16)2)23(3)20(22-18)12-10-8-6-4-5-7-9-11-13-21/h14-15H,4-13,21H2,1-3H3. The van der Waals surface area contributed by atoms with Gasteiger partial charge in [0.2, 0.25) is 0 Å². The van der Waals surface area contributed by atoms with Crippen LogP contribution < -0.4 is 5.73 Å². The van der Waals surface area contributed by atoms with Gasteiger partial charge in [0.05, 0.1) is 11.0 Å². The Labute approximate surface area is 141 Å². The minimum Gasteiger partial charge on any atom is -0.331 e. The molecule has 2 aromatic rings. The van der Waals surface area contributed by atoms with Crippen molar-refractivity contribution in [2.24, 2.45) is 12.8 Å². The number of rotatable bonds is 10. The summed E-state index contributed by atoms with van der Waals surface area (Å²) in [7, 11) is 2.15. The summed E-state index contributed by atoms with van der Waals surface area (Å²) in [6.07, 6.45) is 11.6. The van der Waals surface area contributed by atoms with Crippen molar-refractivity contribution in [3.8, 4) is 0 Å². The molecule has 1 heterocycles. The van der Waals surface area contributed by atoms with Crippen molar-refractivity contribution < 1.29 is 0 Å². The Morgan fingerprint density at radius 3 is 2.09 bits per heavy atom. The number of hydrogen-bond donors (Lipinski definition) is 1. The molecule has 0 aliphatic heterocycles. The van der Waals surface area contributed by atoms with E-state index in [1.165, 1.54) is 73.8 Å². The molecule has 3 nitrogen and oxygen atoms in total. The first-order chi connectivity index (χ1) is 11.1. The highest BCUT2D eigenvalue weighted by molar-refractivity contribution is 5.78. The molecule has 0 spiro atoms. The summed E-state index contributed by atoms with van der Waals surface area (Å²) < 4.78 is 2.27. The van der Waals surface area contributed by atoms with Gasteiger partial charge in [-0.3, -0.25) is 0 Å². The van der Waals surface area contributed by atoms with Gasteiger partial charge in [-0.2, -0.15) is 0 Å². The lowest BCUT2D eigenvalue weighted by atomic mass is 10.1. The molecular weight excluding hydrogens is 282 g/mol. The summed E-state index contributed by atoms with van der Waals surface area (Å²) in [6, 6.07) is 4.48. The molecule has 0 saturated carbocycles. The summed E-state index contributed by atoms with van der Waals surface area (Å²) in [5.74, 6) is 1.23. The highest BCUT2D eigenvalue weighted by Crippen LogP contribution is 2.21. The summed E-state index contributed by atoms with van der Waals surface area (Å²) in [6.45, 7) is 5.18. The summed E-state index contributed by atoms with van der Waals surface area (Å²) in [5.41, 5.74) is 10.6. The summed E-state index contributed by atoms with van der Waals surface area (Å²) in [4.78, 5) is 4.83. The van der Waals surface area contributed by atoms with E-state index in [0.29, 0.717) is 0 Å². The van der Waals surface area contributed by atoms with Crippen molar-refractivity contribution in [1.29, 1.82) is 0 Å². The van der Waals surface area contributed by atoms with Gasteiger partial charge in [0, 0.05) is 13.5 Å². The van der Waals surface area contributed by atoms with Crippen LogP contribution in [0, 0.1) is 13.8 Å². The van der Waals surface area contributed by atoms with E-state index in [9.17, 15) is 0 Å². The Bertz CT molecular complexity index is 613. The number of aromatic nitrogens is 2. The number of imidazole rings is 1. The zero-order valence-electron chi connectivity index (χ0n) is 15.2. The number of hydrogen-bond acceptors (Lipinski definition) is 2. The number of fused-ring (bicyclic) bond motifs is 1. The SMILES string of the molecule is Cc1cc2nc(CCCCCCCCCCN)n(C)c2cc1C. The average Bonchev–Trinajstić information content (AvgIpc) is 2.82. The van der Waals surface area contributed by atoms with Crippen molar-refractivity contribution in [3.63, 3.8) is 0 Å².